The number of carboxylic acid groups (broad SMARTS) is 3. The lowest BCUT2D eigenvalue weighted by Gasteiger charge is -2.07. The second-order valence-corrected chi connectivity index (χ2v) is 2.86. The van der Waals surface area contributed by atoms with Gasteiger partial charge in [-0.15, -0.1) is 0 Å². The van der Waals surface area contributed by atoms with E-state index in [2.05, 4.69) is 6.58 Å². The summed E-state index contributed by atoms with van der Waals surface area (Å²) in [5.74, 6) is -0.935. The molecule has 0 spiro atoms. The standard InChI is InChI=1S/C4H10O3.C4H6O2.CH2O3/c1-3(6)4(7)2-5;1-3(2)4(5)6;2-1(3)4/h3-7H,2H2,1H3;1H2,2H3,(H,5,6);(H2,2,3,4). The molecule has 8 heteroatoms. The number of carboxylic acids is 1. The molecule has 2 unspecified atom stereocenters. The molecule has 0 aliphatic heterocycles. The first-order chi connectivity index (χ1) is 7.56. The molecule has 0 radical (unpaired) electrons. The van der Waals surface area contributed by atoms with E-state index < -0.39 is 24.3 Å². The number of carbonyl (C=O) groups is 2. The summed E-state index contributed by atoms with van der Waals surface area (Å²) in [7, 11) is 0. The van der Waals surface area contributed by atoms with E-state index in [9.17, 15) is 4.79 Å². The number of hydrogen-bond donors (Lipinski definition) is 6. The SMILES string of the molecule is C=C(C)C(=O)O.CC(O)C(O)CO.O=C(O)O. The molecule has 6 N–H and O–H groups in total. The lowest BCUT2D eigenvalue weighted by atomic mass is 10.2. The number of aliphatic hydroxyl groups is 3. The summed E-state index contributed by atoms with van der Waals surface area (Å²) in [5.41, 5.74) is 0.176. The third-order valence-electron chi connectivity index (χ3n) is 1.11. The molecule has 0 aromatic carbocycles. The zero-order valence-corrected chi connectivity index (χ0v) is 9.57. The Morgan fingerprint density at radius 2 is 1.41 bits per heavy atom. The molecule has 0 amide bonds. The number of hydrogen-bond acceptors (Lipinski definition) is 5. The highest BCUT2D eigenvalue weighted by Crippen LogP contribution is 1.87. The highest BCUT2D eigenvalue weighted by atomic mass is 16.6. The van der Waals surface area contributed by atoms with Crippen molar-refractivity contribution < 1.29 is 40.2 Å². The minimum Gasteiger partial charge on any atom is -0.478 e. The molecule has 0 rings (SSSR count). The summed E-state index contributed by atoms with van der Waals surface area (Å²) in [4.78, 5) is 18.2. The van der Waals surface area contributed by atoms with E-state index in [1.165, 1.54) is 13.8 Å². The van der Waals surface area contributed by atoms with Gasteiger partial charge in [0.1, 0.15) is 6.10 Å². The van der Waals surface area contributed by atoms with Gasteiger partial charge in [-0.25, -0.2) is 9.59 Å². The minimum atomic E-state index is -1.83. The second kappa shape index (κ2) is 12.4. The van der Waals surface area contributed by atoms with Crippen molar-refractivity contribution in [3.63, 3.8) is 0 Å². The highest BCUT2D eigenvalue weighted by molar-refractivity contribution is 5.84. The molecule has 102 valence electrons. The van der Waals surface area contributed by atoms with E-state index in [-0.39, 0.29) is 12.2 Å². The van der Waals surface area contributed by atoms with Crippen LogP contribution in [0.1, 0.15) is 13.8 Å². The normalized spacial score (nSPS) is 11.8. The van der Waals surface area contributed by atoms with Gasteiger partial charge in [0.25, 0.3) is 0 Å². The fourth-order valence-electron chi connectivity index (χ4n) is 0.153. The van der Waals surface area contributed by atoms with Crippen LogP contribution in [0.5, 0.6) is 0 Å². The van der Waals surface area contributed by atoms with Crippen LogP contribution in [0.4, 0.5) is 4.79 Å². The Bertz CT molecular complexity index is 219. The Morgan fingerprint density at radius 1 is 1.18 bits per heavy atom. The van der Waals surface area contributed by atoms with E-state index >= 15 is 0 Å². The van der Waals surface area contributed by atoms with Crippen LogP contribution in [-0.4, -0.2) is 61.6 Å². The molecule has 0 aromatic rings. The smallest absolute Gasteiger partial charge is 0.478 e. The fourth-order valence-corrected chi connectivity index (χ4v) is 0.153. The van der Waals surface area contributed by atoms with Gasteiger partial charge in [0.15, 0.2) is 0 Å². The summed E-state index contributed by atoms with van der Waals surface area (Å²) in [6.07, 6.45) is -3.65. The predicted octanol–water partition coefficient (Wildman–Crippen LogP) is -0.410. The van der Waals surface area contributed by atoms with Crippen LogP contribution in [0.3, 0.4) is 0 Å². The van der Waals surface area contributed by atoms with Gasteiger partial charge in [-0.1, -0.05) is 6.58 Å². The zero-order chi connectivity index (χ0) is 14.6. The van der Waals surface area contributed by atoms with Gasteiger partial charge in [0, 0.05) is 5.57 Å². The quantitative estimate of drug-likeness (QED) is 0.371. The number of rotatable bonds is 3. The summed E-state index contributed by atoms with van der Waals surface area (Å²) in [6, 6.07) is 0. The minimum absolute atomic E-state index is 0.176. The first-order valence-corrected chi connectivity index (χ1v) is 4.33. The third kappa shape index (κ3) is 31.4. The van der Waals surface area contributed by atoms with Crippen LogP contribution >= 0.6 is 0 Å². The predicted molar refractivity (Wildman–Crippen MR) is 57.9 cm³/mol. The van der Waals surface area contributed by atoms with E-state index in [0.29, 0.717) is 0 Å². The Morgan fingerprint density at radius 3 is 1.41 bits per heavy atom. The zero-order valence-electron chi connectivity index (χ0n) is 9.57. The lowest BCUT2D eigenvalue weighted by molar-refractivity contribution is -0.132. The van der Waals surface area contributed by atoms with Gasteiger partial charge in [0.05, 0.1) is 12.7 Å². The topological polar surface area (TPSA) is 156 Å². The molecule has 8 nitrogen and oxygen atoms in total. The first kappa shape index (κ1) is 20.7. The molecule has 0 aliphatic rings. The van der Waals surface area contributed by atoms with Crippen molar-refractivity contribution in [1.82, 2.24) is 0 Å². The molecule has 0 bridgehead atoms. The van der Waals surface area contributed by atoms with Gasteiger partial charge in [-0.05, 0) is 13.8 Å². The van der Waals surface area contributed by atoms with Crippen molar-refractivity contribution in [1.29, 1.82) is 0 Å². The average molecular weight is 254 g/mol. The molecule has 0 aromatic heterocycles. The lowest BCUT2D eigenvalue weighted by Crippen LogP contribution is -2.25. The van der Waals surface area contributed by atoms with E-state index in [0.717, 1.165) is 0 Å². The molecule has 0 fully saturated rings. The van der Waals surface area contributed by atoms with Crippen LogP contribution in [-0.2, 0) is 4.79 Å². The van der Waals surface area contributed by atoms with Crippen molar-refractivity contribution in [3.05, 3.63) is 12.2 Å². The average Bonchev–Trinajstić information content (AvgIpc) is 2.16. The molecular weight excluding hydrogens is 236 g/mol. The van der Waals surface area contributed by atoms with Crippen molar-refractivity contribution in [2.24, 2.45) is 0 Å². The maximum absolute atomic E-state index is 9.60. The van der Waals surface area contributed by atoms with E-state index in [1.807, 2.05) is 0 Å². The first-order valence-electron chi connectivity index (χ1n) is 4.33. The van der Waals surface area contributed by atoms with Crippen LogP contribution in [0, 0.1) is 0 Å². The van der Waals surface area contributed by atoms with Crippen LogP contribution < -0.4 is 0 Å². The van der Waals surface area contributed by atoms with Gasteiger partial charge >= 0.3 is 12.1 Å². The van der Waals surface area contributed by atoms with E-state index in [4.69, 9.17) is 35.4 Å². The summed E-state index contributed by atoms with van der Waals surface area (Å²) < 4.78 is 0. The Labute approximate surface area is 98.1 Å². The maximum atomic E-state index is 9.60. The molecule has 0 saturated heterocycles. The largest absolute Gasteiger partial charge is 0.503 e. The fraction of sp³-hybridized carbons (Fsp3) is 0.556. The van der Waals surface area contributed by atoms with Crippen LogP contribution in [0.25, 0.3) is 0 Å². The maximum Gasteiger partial charge on any atom is 0.503 e. The Kier molecular flexibility index (Phi) is 15.2. The number of aliphatic hydroxyl groups excluding tert-OH is 3. The van der Waals surface area contributed by atoms with Gasteiger partial charge < -0.3 is 30.6 Å². The highest BCUT2D eigenvalue weighted by Gasteiger charge is 2.06. The molecule has 0 heterocycles. The summed E-state index contributed by atoms with van der Waals surface area (Å²) in [5, 5.41) is 46.8. The third-order valence-corrected chi connectivity index (χ3v) is 1.11. The van der Waals surface area contributed by atoms with Crippen LogP contribution in [0.15, 0.2) is 12.2 Å². The molecule has 0 saturated carbocycles. The second-order valence-electron chi connectivity index (χ2n) is 2.86. The van der Waals surface area contributed by atoms with Gasteiger partial charge in [0.2, 0.25) is 0 Å². The van der Waals surface area contributed by atoms with Crippen LogP contribution in [0.2, 0.25) is 0 Å². The van der Waals surface area contributed by atoms with Crippen molar-refractivity contribution in [3.8, 4) is 0 Å². The number of aliphatic carboxylic acids is 1. The van der Waals surface area contributed by atoms with Crippen molar-refractivity contribution in [2.75, 3.05) is 6.61 Å². The Balaban J connectivity index is -0.000000180. The van der Waals surface area contributed by atoms with Gasteiger partial charge in [-0.3, -0.25) is 0 Å². The summed E-state index contributed by atoms with van der Waals surface area (Å²) in [6.45, 7) is 5.64. The summed E-state index contributed by atoms with van der Waals surface area (Å²) >= 11 is 0. The van der Waals surface area contributed by atoms with Crippen molar-refractivity contribution >= 4 is 12.1 Å². The molecule has 2 atom stereocenters. The Hall–Kier alpha value is -1.64. The molecular formula is C9H18O8. The molecule has 17 heavy (non-hydrogen) atoms. The van der Waals surface area contributed by atoms with Gasteiger partial charge in [-0.2, -0.15) is 0 Å². The van der Waals surface area contributed by atoms with Crippen molar-refractivity contribution in [2.45, 2.75) is 26.1 Å². The molecule has 0 aliphatic carbocycles. The van der Waals surface area contributed by atoms with E-state index in [1.54, 1.807) is 0 Å². The monoisotopic (exact) mass is 254 g/mol.